The zero-order chi connectivity index (χ0) is 65.9. The number of nitrogens with one attached hydrogen (secondary N) is 4. The number of fused-ring (bicyclic) bond motifs is 1. The van der Waals surface area contributed by atoms with Crippen LogP contribution in [0, 0.1) is 19.3 Å². The predicted molar refractivity (Wildman–Crippen MR) is 341 cm³/mol. The number of hydrazone groups is 1. The van der Waals surface area contributed by atoms with Gasteiger partial charge in [-0.1, -0.05) is 42.2 Å². The molecule has 2 aromatic carbocycles. The van der Waals surface area contributed by atoms with Crippen molar-refractivity contribution in [3.63, 3.8) is 0 Å². The fraction of sp³-hybridized carbons (Fsp3) is 0.600. The van der Waals surface area contributed by atoms with Crippen LogP contribution in [0.4, 0.5) is 8.78 Å². The van der Waals surface area contributed by atoms with E-state index in [2.05, 4.69) is 66.5 Å². The van der Waals surface area contributed by atoms with Crippen molar-refractivity contribution in [2.24, 2.45) is 5.10 Å². The number of piperazine rings is 1. The number of likely N-dealkylation sites (tertiary alicyclic amines) is 1. The molecule has 3 fully saturated rings. The minimum absolute atomic E-state index is 0.000787. The summed E-state index contributed by atoms with van der Waals surface area (Å²) in [6, 6.07) is 14.0. The Hall–Kier alpha value is -7.90. The average Bonchev–Trinajstić information content (AvgIpc) is 1.37. The van der Waals surface area contributed by atoms with Crippen molar-refractivity contribution in [3.05, 3.63) is 71.4 Å². The maximum absolute atomic E-state index is 14.0. The number of terminal acetylenes is 1. The fourth-order valence-corrected chi connectivity index (χ4v) is 11.1. The number of alkyl halides is 2. The summed E-state index contributed by atoms with van der Waals surface area (Å²) in [5.41, 5.74) is 6.32. The Labute approximate surface area is 538 Å². The predicted octanol–water partition coefficient (Wildman–Crippen LogP) is 3.29. The standard InChI is InChI=1S/C65H93F2N13O12/c1-3-53-42-65(66,67)46-80(53)62(86)43-70-64(89)55-23-26-68-57-22-21-54(41-56(55)57)92-40-11-10-27-74-36-38-79(39-37-74)61(85)16-6-4-5-8-25-71-73-58(14-7-9-24-69-59(83)15-12-13-52-19-17-51(2)18-20-52)72-60(84)44-75-28-29-76(45-63(87)88)31-33-78(48-91-50-82)35-34-77(32-30-75)47-90-49-81/h1,17-23,25-26,41,49-50,53,58,73H,4-16,24,27-40,42-48H2,2H3,(H,69,83)(H,70,89)(H,72,84)(H,87,88)/b71-25+/t53-,58?/m0/s1. The highest BCUT2D eigenvalue weighted by molar-refractivity contribution is 6.07. The highest BCUT2D eigenvalue weighted by Crippen LogP contribution is 2.32. The van der Waals surface area contributed by atoms with Gasteiger partial charge < -0.3 is 45.1 Å². The Morgan fingerprint density at radius 1 is 0.750 bits per heavy atom. The van der Waals surface area contributed by atoms with Gasteiger partial charge in [-0.15, -0.1) is 6.42 Å². The number of carbonyl (C=O) groups is 8. The van der Waals surface area contributed by atoms with Crippen molar-refractivity contribution in [2.75, 3.05) is 138 Å². The van der Waals surface area contributed by atoms with E-state index in [-0.39, 0.29) is 49.8 Å². The summed E-state index contributed by atoms with van der Waals surface area (Å²) in [6.45, 7) is 9.15. The number of carbonyl (C=O) groups excluding carboxylic acids is 7. The molecule has 0 bridgehead atoms. The number of carboxylic acid groups (broad SMARTS) is 1. The van der Waals surface area contributed by atoms with E-state index >= 15 is 0 Å². The van der Waals surface area contributed by atoms with Gasteiger partial charge in [0.2, 0.25) is 23.6 Å². The lowest BCUT2D eigenvalue weighted by Gasteiger charge is -2.34. The van der Waals surface area contributed by atoms with Crippen LogP contribution in [-0.2, 0) is 49.5 Å². The number of pyridine rings is 1. The second-order valence-corrected chi connectivity index (χ2v) is 23.6. The number of aromatic nitrogens is 1. The zero-order valence-electron chi connectivity index (χ0n) is 53.1. The molecule has 0 saturated carbocycles. The van der Waals surface area contributed by atoms with Crippen molar-refractivity contribution in [3.8, 4) is 18.1 Å². The lowest BCUT2D eigenvalue weighted by Crippen LogP contribution is -2.51. The molecule has 504 valence electrons. The van der Waals surface area contributed by atoms with E-state index in [1.54, 1.807) is 29.3 Å². The Bertz CT molecular complexity index is 2900. The van der Waals surface area contributed by atoms with Gasteiger partial charge >= 0.3 is 5.97 Å². The van der Waals surface area contributed by atoms with E-state index in [0.717, 1.165) is 69.5 Å². The lowest BCUT2D eigenvalue weighted by atomic mass is 10.1. The topological polar surface area (TPSA) is 281 Å². The van der Waals surface area contributed by atoms with Crippen molar-refractivity contribution < 1.29 is 66.5 Å². The largest absolute Gasteiger partial charge is 0.494 e. The monoisotopic (exact) mass is 1290 g/mol. The van der Waals surface area contributed by atoms with Crippen LogP contribution >= 0.6 is 0 Å². The second kappa shape index (κ2) is 40.2. The molecule has 3 aliphatic heterocycles. The van der Waals surface area contributed by atoms with Crippen LogP contribution in [0.5, 0.6) is 5.75 Å². The highest BCUT2D eigenvalue weighted by atomic mass is 19.3. The zero-order valence-corrected chi connectivity index (χ0v) is 53.1. The number of ether oxygens (including phenoxy) is 3. The third kappa shape index (κ3) is 27.1. The Kier molecular flexibility index (Phi) is 31.9. The van der Waals surface area contributed by atoms with Crippen molar-refractivity contribution >= 4 is 65.6 Å². The van der Waals surface area contributed by atoms with Crippen molar-refractivity contribution in [1.29, 1.82) is 0 Å². The normalized spacial score (nSPS) is 17.6. The van der Waals surface area contributed by atoms with Gasteiger partial charge in [0.05, 0.1) is 49.9 Å². The molecule has 0 aliphatic carbocycles. The fourth-order valence-electron chi connectivity index (χ4n) is 11.1. The maximum atomic E-state index is 14.0. The molecule has 1 unspecified atom stereocenters. The van der Waals surface area contributed by atoms with Crippen LogP contribution in [0.3, 0.4) is 0 Å². The third-order valence-electron chi connectivity index (χ3n) is 16.4. The summed E-state index contributed by atoms with van der Waals surface area (Å²) < 4.78 is 44.1. The summed E-state index contributed by atoms with van der Waals surface area (Å²) in [6.07, 6.45) is 16.5. The quantitative estimate of drug-likeness (QED) is 0.0138. The number of carboxylic acids is 1. The first-order chi connectivity index (χ1) is 44.5. The van der Waals surface area contributed by atoms with Crippen molar-refractivity contribution in [1.82, 2.24) is 60.7 Å². The van der Waals surface area contributed by atoms with Crippen LogP contribution < -0.4 is 26.1 Å². The van der Waals surface area contributed by atoms with E-state index in [9.17, 15) is 52.2 Å². The van der Waals surface area contributed by atoms with Gasteiger partial charge in [0.1, 0.15) is 25.4 Å². The van der Waals surface area contributed by atoms with Gasteiger partial charge in [-0.2, -0.15) is 5.10 Å². The summed E-state index contributed by atoms with van der Waals surface area (Å²) in [5, 5.41) is 23.4. The van der Waals surface area contributed by atoms with E-state index in [1.807, 2.05) is 26.5 Å². The summed E-state index contributed by atoms with van der Waals surface area (Å²) in [4.78, 5) is 117. The van der Waals surface area contributed by atoms with Gasteiger partial charge in [0, 0.05) is 122 Å². The van der Waals surface area contributed by atoms with Crippen LogP contribution in [-0.4, -0.2) is 255 Å². The summed E-state index contributed by atoms with van der Waals surface area (Å²) >= 11 is 0. The number of hydrogen-bond donors (Lipinski definition) is 5. The minimum Gasteiger partial charge on any atom is -0.494 e. The molecule has 3 aliphatic rings. The molecule has 6 rings (SSSR count). The third-order valence-corrected chi connectivity index (χ3v) is 16.4. The number of unbranched alkanes of at least 4 members (excludes halogenated alkanes) is 5. The van der Waals surface area contributed by atoms with Gasteiger partial charge in [-0.3, -0.25) is 73.3 Å². The SMILES string of the molecule is C#C[C@H]1CC(F)(F)CN1C(=O)CNC(=O)c1ccnc2ccc(OCCCCN3CCN(C(=O)CCCCC/C=N/NC(CCCCNC(=O)CCCc4ccc(C)cc4)NC(=O)CN4CCN(COC=O)CCN(COC=O)CCN(CC(=O)O)CC4)CC3)cc12. The molecule has 0 spiro atoms. The van der Waals surface area contributed by atoms with Crippen LogP contribution in [0.1, 0.15) is 105 Å². The van der Waals surface area contributed by atoms with Gasteiger partial charge in [0.25, 0.3) is 24.8 Å². The first-order valence-electron chi connectivity index (χ1n) is 32.0. The molecule has 3 aromatic rings. The molecule has 92 heavy (non-hydrogen) atoms. The number of aliphatic carboxylic acids is 1. The number of rotatable bonds is 37. The number of benzene rings is 2. The van der Waals surface area contributed by atoms with Gasteiger partial charge in [-0.25, -0.2) is 8.78 Å². The number of nitrogens with zero attached hydrogens (tertiary/aromatic N) is 9. The van der Waals surface area contributed by atoms with E-state index < -0.39 is 55.4 Å². The van der Waals surface area contributed by atoms with Crippen LogP contribution in [0.2, 0.25) is 0 Å². The molecule has 5 N–H and O–H groups in total. The smallest absolute Gasteiger partial charge is 0.317 e. The number of hydrogen-bond acceptors (Lipinski definition) is 19. The van der Waals surface area contributed by atoms with Crippen LogP contribution in [0.15, 0.2) is 59.8 Å². The Balaban J connectivity index is 0.892. The van der Waals surface area contributed by atoms with Crippen LogP contribution in [0.25, 0.3) is 10.9 Å². The number of amides is 5. The van der Waals surface area contributed by atoms with E-state index in [0.29, 0.717) is 147 Å². The molecule has 3 saturated heterocycles. The van der Waals surface area contributed by atoms with Gasteiger partial charge in [0.15, 0.2) is 0 Å². The van der Waals surface area contributed by atoms with E-state index in [1.165, 1.54) is 23.4 Å². The van der Waals surface area contributed by atoms with E-state index in [4.69, 9.17) is 20.6 Å². The molecule has 27 heteroatoms. The lowest BCUT2D eigenvalue weighted by molar-refractivity contribution is -0.139. The van der Waals surface area contributed by atoms with Gasteiger partial charge in [-0.05, 0) is 108 Å². The first-order valence-corrected chi connectivity index (χ1v) is 32.0. The Morgan fingerprint density at radius 3 is 2.10 bits per heavy atom. The van der Waals surface area contributed by atoms with Crippen molar-refractivity contribution in [2.45, 2.75) is 115 Å². The second-order valence-electron chi connectivity index (χ2n) is 23.6. The highest BCUT2D eigenvalue weighted by Gasteiger charge is 2.46. The maximum Gasteiger partial charge on any atom is 0.317 e. The molecule has 5 amide bonds. The first kappa shape index (κ1) is 73.2. The summed E-state index contributed by atoms with van der Waals surface area (Å²) in [5.74, 6) is -2.69. The minimum atomic E-state index is -3.08. The Morgan fingerprint density at radius 2 is 1.42 bits per heavy atom. The molecule has 0 radical (unpaired) electrons. The molecule has 1 aromatic heterocycles. The molecular weight excluding hydrogens is 1190 g/mol. The molecule has 25 nitrogen and oxygen atoms in total. The molecular formula is C65H93F2N13O12. The number of aryl methyl sites for hydroxylation is 2. The summed E-state index contributed by atoms with van der Waals surface area (Å²) in [7, 11) is 0. The average molecular weight is 1290 g/mol. The molecule has 2 atom stereocenters. The number of halogens is 2. The molecule has 4 heterocycles.